The summed E-state index contributed by atoms with van der Waals surface area (Å²) in [6.45, 7) is 2.20. The third-order valence-electron chi connectivity index (χ3n) is 2.82. The number of carbonyl (C=O) groups is 2. The molecule has 0 saturated carbocycles. The van der Waals surface area contributed by atoms with Crippen LogP contribution in [0.25, 0.3) is 0 Å². The van der Waals surface area contributed by atoms with E-state index in [-0.39, 0.29) is 34.1 Å². The topological polar surface area (TPSA) is 66.6 Å². The molecule has 0 aromatic heterocycles. The Bertz CT molecular complexity index is 509. The smallest absolute Gasteiger partial charge is 0.254 e. The number of nitrogens with two attached hydrogens (primary N) is 1. The van der Waals surface area contributed by atoms with Crippen LogP contribution < -0.4 is 5.73 Å². The van der Waals surface area contributed by atoms with Gasteiger partial charge in [0.05, 0.1) is 22.3 Å². The average molecular weight is 318 g/mol. The summed E-state index contributed by atoms with van der Waals surface area (Å²) in [5.41, 5.74) is 6.17. The van der Waals surface area contributed by atoms with Crippen LogP contribution in [-0.4, -0.2) is 48.8 Å². The quantitative estimate of drug-likeness (QED) is 0.865. The van der Waals surface area contributed by atoms with Gasteiger partial charge in [-0.3, -0.25) is 9.59 Å². The van der Waals surface area contributed by atoms with Crippen molar-refractivity contribution in [3.63, 3.8) is 0 Å². The molecule has 0 saturated heterocycles. The number of hydrogen-bond acceptors (Lipinski definition) is 3. The van der Waals surface area contributed by atoms with E-state index in [1.165, 1.54) is 21.9 Å². The molecule has 0 atom stereocenters. The van der Waals surface area contributed by atoms with E-state index in [2.05, 4.69) is 0 Å². The first-order valence-corrected chi connectivity index (χ1v) is 6.77. The number of nitrogens with zero attached hydrogens (tertiary/aromatic N) is 2. The van der Waals surface area contributed by atoms with Crippen LogP contribution in [0.5, 0.6) is 0 Å². The molecule has 0 unspecified atom stereocenters. The standard InChI is InChI=1S/C13H17Cl2N3O2/c1-4-18(7-11(19)17(2)3)13(20)8-5-9(14)12(16)10(15)6-8/h5-6H,4,7,16H2,1-3H3. The van der Waals surface area contributed by atoms with E-state index >= 15 is 0 Å². The number of rotatable bonds is 4. The molecule has 1 aromatic rings. The van der Waals surface area contributed by atoms with E-state index in [1.54, 1.807) is 21.0 Å². The van der Waals surface area contributed by atoms with Crippen molar-refractivity contribution in [2.75, 3.05) is 32.9 Å². The van der Waals surface area contributed by atoms with E-state index < -0.39 is 0 Å². The van der Waals surface area contributed by atoms with Crippen molar-refractivity contribution >= 4 is 40.7 Å². The fourth-order valence-electron chi connectivity index (χ4n) is 1.52. The zero-order valence-corrected chi connectivity index (χ0v) is 13.1. The number of amides is 2. The Hall–Kier alpha value is -1.46. The van der Waals surface area contributed by atoms with E-state index in [0.29, 0.717) is 12.1 Å². The van der Waals surface area contributed by atoms with Crippen LogP contribution in [0, 0.1) is 0 Å². The second-order valence-electron chi connectivity index (χ2n) is 4.46. The Kier molecular flexibility index (Phi) is 5.65. The maximum atomic E-state index is 12.3. The summed E-state index contributed by atoms with van der Waals surface area (Å²) in [4.78, 5) is 26.9. The van der Waals surface area contributed by atoms with Crippen molar-refractivity contribution in [1.29, 1.82) is 0 Å². The summed E-state index contributed by atoms with van der Waals surface area (Å²) in [5, 5.41) is 0.437. The molecule has 2 amide bonds. The highest BCUT2D eigenvalue weighted by atomic mass is 35.5. The highest BCUT2D eigenvalue weighted by molar-refractivity contribution is 6.39. The van der Waals surface area contributed by atoms with Gasteiger partial charge in [0, 0.05) is 26.2 Å². The van der Waals surface area contributed by atoms with Crippen molar-refractivity contribution in [2.24, 2.45) is 0 Å². The highest BCUT2D eigenvalue weighted by Gasteiger charge is 2.20. The van der Waals surface area contributed by atoms with Gasteiger partial charge in [-0.15, -0.1) is 0 Å². The van der Waals surface area contributed by atoms with Gasteiger partial charge in [-0.05, 0) is 19.1 Å². The monoisotopic (exact) mass is 317 g/mol. The molecule has 1 aromatic carbocycles. The van der Waals surface area contributed by atoms with E-state index in [4.69, 9.17) is 28.9 Å². The van der Waals surface area contributed by atoms with Gasteiger partial charge in [0.1, 0.15) is 0 Å². The van der Waals surface area contributed by atoms with Crippen molar-refractivity contribution in [3.8, 4) is 0 Å². The first-order chi connectivity index (χ1) is 9.27. The fourth-order valence-corrected chi connectivity index (χ4v) is 2.01. The van der Waals surface area contributed by atoms with E-state index in [1.807, 2.05) is 0 Å². The minimum Gasteiger partial charge on any atom is -0.396 e. The molecule has 1 rings (SSSR count). The predicted molar refractivity (Wildman–Crippen MR) is 81.1 cm³/mol. The lowest BCUT2D eigenvalue weighted by Gasteiger charge is -2.22. The Balaban J connectivity index is 3.00. The first kappa shape index (κ1) is 16.6. The third-order valence-corrected chi connectivity index (χ3v) is 3.45. The number of benzene rings is 1. The van der Waals surface area contributed by atoms with Crippen molar-refractivity contribution in [2.45, 2.75) is 6.92 Å². The number of halogens is 2. The van der Waals surface area contributed by atoms with E-state index in [0.717, 1.165) is 0 Å². The van der Waals surface area contributed by atoms with Crippen LogP contribution in [0.15, 0.2) is 12.1 Å². The highest BCUT2D eigenvalue weighted by Crippen LogP contribution is 2.29. The second kappa shape index (κ2) is 6.81. The number of likely N-dealkylation sites (N-methyl/N-ethyl adjacent to an activating group) is 2. The van der Waals surface area contributed by atoms with Crippen LogP contribution in [-0.2, 0) is 4.79 Å². The molecule has 7 heteroatoms. The lowest BCUT2D eigenvalue weighted by Crippen LogP contribution is -2.40. The number of nitrogen functional groups attached to an aromatic ring is 1. The second-order valence-corrected chi connectivity index (χ2v) is 5.28. The molecule has 20 heavy (non-hydrogen) atoms. The summed E-state index contributed by atoms with van der Waals surface area (Å²) in [6, 6.07) is 2.90. The summed E-state index contributed by atoms with van der Waals surface area (Å²) < 4.78 is 0. The lowest BCUT2D eigenvalue weighted by molar-refractivity contribution is -0.129. The van der Waals surface area contributed by atoms with Crippen molar-refractivity contribution in [1.82, 2.24) is 9.80 Å². The third kappa shape index (κ3) is 3.77. The van der Waals surface area contributed by atoms with Gasteiger partial charge in [-0.25, -0.2) is 0 Å². The Morgan fingerprint density at radius 3 is 2.10 bits per heavy atom. The predicted octanol–water partition coefficient (Wildman–Crippen LogP) is 2.13. The molecule has 110 valence electrons. The zero-order valence-electron chi connectivity index (χ0n) is 11.6. The molecule has 2 N–H and O–H groups in total. The maximum absolute atomic E-state index is 12.3. The van der Waals surface area contributed by atoms with Gasteiger partial charge in [0.2, 0.25) is 5.91 Å². The molecular weight excluding hydrogens is 301 g/mol. The van der Waals surface area contributed by atoms with Crippen LogP contribution >= 0.6 is 23.2 Å². The molecule has 0 aliphatic carbocycles. The molecule has 0 heterocycles. The normalized spacial score (nSPS) is 10.2. The van der Waals surface area contributed by atoms with Gasteiger partial charge in [0.15, 0.2) is 0 Å². The molecule has 0 aliphatic heterocycles. The maximum Gasteiger partial charge on any atom is 0.254 e. The zero-order chi connectivity index (χ0) is 15.4. The Morgan fingerprint density at radius 1 is 1.20 bits per heavy atom. The summed E-state index contributed by atoms with van der Waals surface area (Å²) in [5.74, 6) is -0.473. The number of carbonyl (C=O) groups excluding carboxylic acids is 2. The first-order valence-electron chi connectivity index (χ1n) is 6.01. The summed E-state index contributed by atoms with van der Waals surface area (Å²) in [7, 11) is 3.27. The lowest BCUT2D eigenvalue weighted by atomic mass is 10.1. The fraction of sp³-hybridized carbons (Fsp3) is 0.385. The average Bonchev–Trinajstić information content (AvgIpc) is 2.40. The van der Waals surface area contributed by atoms with Gasteiger partial charge < -0.3 is 15.5 Å². The Labute approximate surface area is 128 Å². The molecule has 0 fully saturated rings. The largest absolute Gasteiger partial charge is 0.396 e. The van der Waals surface area contributed by atoms with Crippen molar-refractivity contribution < 1.29 is 9.59 Å². The number of hydrogen-bond donors (Lipinski definition) is 1. The van der Waals surface area contributed by atoms with Crippen molar-refractivity contribution in [3.05, 3.63) is 27.7 Å². The summed E-state index contributed by atoms with van der Waals surface area (Å²) in [6.07, 6.45) is 0. The van der Waals surface area contributed by atoms with Gasteiger partial charge in [0.25, 0.3) is 5.91 Å². The van der Waals surface area contributed by atoms with Gasteiger partial charge in [-0.1, -0.05) is 23.2 Å². The molecule has 5 nitrogen and oxygen atoms in total. The van der Waals surface area contributed by atoms with Crippen LogP contribution in [0.3, 0.4) is 0 Å². The molecule has 0 radical (unpaired) electrons. The number of anilines is 1. The van der Waals surface area contributed by atoms with Crippen LogP contribution in [0.1, 0.15) is 17.3 Å². The Morgan fingerprint density at radius 2 is 1.70 bits per heavy atom. The SMILES string of the molecule is CCN(CC(=O)N(C)C)C(=O)c1cc(Cl)c(N)c(Cl)c1. The minimum absolute atomic E-state index is 0.00193. The van der Waals surface area contributed by atoms with Gasteiger partial charge >= 0.3 is 0 Å². The molecular formula is C13H17Cl2N3O2. The van der Waals surface area contributed by atoms with Crippen LogP contribution in [0.4, 0.5) is 5.69 Å². The minimum atomic E-state index is -0.313. The summed E-state index contributed by atoms with van der Waals surface area (Å²) >= 11 is 11.8. The molecule has 0 spiro atoms. The van der Waals surface area contributed by atoms with Gasteiger partial charge in [-0.2, -0.15) is 0 Å². The molecule has 0 aliphatic rings. The van der Waals surface area contributed by atoms with E-state index in [9.17, 15) is 9.59 Å². The molecule has 0 bridgehead atoms. The van der Waals surface area contributed by atoms with Crippen LogP contribution in [0.2, 0.25) is 10.0 Å².